The Bertz CT molecular complexity index is 1200. The number of fused-ring (bicyclic) bond motifs is 1. The van der Waals surface area contributed by atoms with Gasteiger partial charge in [0, 0.05) is 23.3 Å². The van der Waals surface area contributed by atoms with E-state index in [9.17, 15) is 13.2 Å². The van der Waals surface area contributed by atoms with Crippen molar-refractivity contribution in [2.24, 2.45) is 5.92 Å². The molecule has 0 unspecified atom stereocenters. The van der Waals surface area contributed by atoms with Crippen LogP contribution in [0.15, 0.2) is 61.2 Å². The summed E-state index contributed by atoms with van der Waals surface area (Å²) in [5, 5.41) is 0.727. The summed E-state index contributed by atoms with van der Waals surface area (Å²) in [6, 6.07) is 12.3. The molecule has 33 heavy (non-hydrogen) atoms. The maximum atomic E-state index is 14.6. The van der Waals surface area contributed by atoms with Crippen molar-refractivity contribution in [1.82, 2.24) is 0 Å². The summed E-state index contributed by atoms with van der Waals surface area (Å²) in [7, 11) is 0. The van der Waals surface area contributed by atoms with E-state index in [4.69, 9.17) is 9.47 Å². The summed E-state index contributed by atoms with van der Waals surface area (Å²) >= 11 is 0. The van der Waals surface area contributed by atoms with E-state index in [1.165, 1.54) is 18.2 Å². The molecular formula is C28H25F3O2. The summed E-state index contributed by atoms with van der Waals surface area (Å²) < 4.78 is 53.3. The number of benzene rings is 3. The normalized spacial score (nSPS) is 18.0. The molecule has 170 valence electrons. The van der Waals surface area contributed by atoms with E-state index < -0.39 is 17.5 Å². The van der Waals surface area contributed by atoms with Crippen molar-refractivity contribution in [2.75, 3.05) is 13.2 Å². The van der Waals surface area contributed by atoms with Gasteiger partial charge in [-0.2, -0.15) is 0 Å². The maximum Gasteiger partial charge on any atom is 0.166 e. The van der Waals surface area contributed by atoms with Gasteiger partial charge in [0.1, 0.15) is 5.82 Å². The van der Waals surface area contributed by atoms with Crippen molar-refractivity contribution >= 4 is 10.8 Å². The second-order valence-corrected chi connectivity index (χ2v) is 8.23. The van der Waals surface area contributed by atoms with Crippen LogP contribution < -0.4 is 0 Å². The molecule has 0 amide bonds. The van der Waals surface area contributed by atoms with Crippen LogP contribution in [0, 0.1) is 35.2 Å². The van der Waals surface area contributed by atoms with E-state index in [-0.39, 0.29) is 17.2 Å². The summed E-state index contributed by atoms with van der Waals surface area (Å²) in [5.41, 5.74) is 1.72. The monoisotopic (exact) mass is 450 g/mol. The quantitative estimate of drug-likeness (QED) is 0.313. The Morgan fingerprint density at radius 1 is 0.909 bits per heavy atom. The minimum atomic E-state index is -0.891. The van der Waals surface area contributed by atoms with Crippen LogP contribution in [0.5, 0.6) is 0 Å². The third-order valence-electron chi connectivity index (χ3n) is 5.77. The predicted molar refractivity (Wildman–Crippen MR) is 123 cm³/mol. The highest BCUT2D eigenvalue weighted by molar-refractivity contribution is 5.84. The molecule has 0 aliphatic carbocycles. The molecule has 2 nitrogen and oxygen atoms in total. The Labute approximate surface area is 192 Å². The van der Waals surface area contributed by atoms with Crippen LogP contribution in [0.1, 0.15) is 36.0 Å². The van der Waals surface area contributed by atoms with E-state index in [2.05, 4.69) is 18.4 Å². The van der Waals surface area contributed by atoms with Crippen molar-refractivity contribution in [2.45, 2.75) is 32.0 Å². The first-order valence-electron chi connectivity index (χ1n) is 11.1. The highest BCUT2D eigenvalue weighted by Gasteiger charge is 2.21. The summed E-state index contributed by atoms with van der Waals surface area (Å²) in [6.45, 7) is 5.09. The molecule has 0 radical (unpaired) electrons. The van der Waals surface area contributed by atoms with Crippen LogP contribution in [0.25, 0.3) is 10.8 Å². The summed E-state index contributed by atoms with van der Waals surface area (Å²) in [4.78, 5) is 0. The standard InChI is InChI=1S/C28H25F3O2/c1-2-3-4-21-17-32-27(33-18-21)14-8-20-6-10-22(26(30)16-20)9-5-19-7-12-24-23(15-19)11-13-25(29)28(24)31/h2,6-7,10-13,15-16,21,27H,1,3-4,8,14,17-18H2. The molecule has 1 fully saturated rings. The zero-order chi connectivity index (χ0) is 23.2. The lowest BCUT2D eigenvalue weighted by Crippen LogP contribution is -2.32. The Morgan fingerprint density at radius 2 is 1.73 bits per heavy atom. The van der Waals surface area contributed by atoms with E-state index in [1.54, 1.807) is 18.2 Å². The highest BCUT2D eigenvalue weighted by Crippen LogP contribution is 2.22. The van der Waals surface area contributed by atoms with Crippen LogP contribution in [-0.2, 0) is 15.9 Å². The van der Waals surface area contributed by atoms with Gasteiger partial charge in [-0.1, -0.05) is 36.1 Å². The number of allylic oxidation sites excluding steroid dienone is 1. The summed E-state index contributed by atoms with van der Waals surface area (Å²) in [5.74, 6) is 3.95. The molecule has 0 spiro atoms. The lowest BCUT2D eigenvalue weighted by Gasteiger charge is -2.29. The number of rotatable bonds is 6. The van der Waals surface area contributed by atoms with Gasteiger partial charge in [0.2, 0.25) is 0 Å². The SMILES string of the molecule is C=CCCC1COC(CCc2ccc(C#Cc3ccc4c(F)c(F)ccc4c3)c(F)c2)OC1. The maximum absolute atomic E-state index is 14.6. The molecule has 3 aromatic carbocycles. The fourth-order valence-corrected chi connectivity index (χ4v) is 3.85. The number of hydrogen-bond donors (Lipinski definition) is 0. The lowest BCUT2D eigenvalue weighted by molar-refractivity contribution is -0.203. The zero-order valence-corrected chi connectivity index (χ0v) is 18.3. The molecule has 5 heteroatoms. The first-order chi connectivity index (χ1) is 16.0. The van der Waals surface area contributed by atoms with Gasteiger partial charge in [0.25, 0.3) is 0 Å². The van der Waals surface area contributed by atoms with Crippen molar-refractivity contribution in [3.05, 3.63) is 95.3 Å². The van der Waals surface area contributed by atoms with Crippen molar-refractivity contribution < 1.29 is 22.6 Å². The van der Waals surface area contributed by atoms with Crippen LogP contribution >= 0.6 is 0 Å². The smallest absolute Gasteiger partial charge is 0.166 e. The van der Waals surface area contributed by atoms with Gasteiger partial charge in [0.15, 0.2) is 17.9 Å². The number of ether oxygens (including phenoxy) is 2. The van der Waals surface area contributed by atoms with E-state index >= 15 is 0 Å². The Balaban J connectivity index is 1.36. The molecule has 1 heterocycles. The van der Waals surface area contributed by atoms with Gasteiger partial charge < -0.3 is 9.47 Å². The molecule has 1 saturated heterocycles. The third-order valence-corrected chi connectivity index (χ3v) is 5.77. The predicted octanol–water partition coefficient (Wildman–Crippen LogP) is 6.54. The van der Waals surface area contributed by atoms with Crippen molar-refractivity contribution in [1.29, 1.82) is 0 Å². The van der Waals surface area contributed by atoms with E-state index in [0.717, 1.165) is 24.5 Å². The van der Waals surface area contributed by atoms with Crippen LogP contribution in [0.4, 0.5) is 13.2 Å². The largest absolute Gasteiger partial charge is 0.352 e. The van der Waals surface area contributed by atoms with Crippen molar-refractivity contribution in [3.8, 4) is 11.8 Å². The van der Waals surface area contributed by atoms with Gasteiger partial charge in [0.05, 0.1) is 18.8 Å². The van der Waals surface area contributed by atoms with Crippen LogP contribution in [-0.4, -0.2) is 19.5 Å². The molecule has 3 aromatic rings. The number of hydrogen-bond acceptors (Lipinski definition) is 2. The van der Waals surface area contributed by atoms with Gasteiger partial charge >= 0.3 is 0 Å². The minimum absolute atomic E-state index is 0.189. The molecule has 0 saturated carbocycles. The minimum Gasteiger partial charge on any atom is -0.352 e. The lowest BCUT2D eigenvalue weighted by atomic mass is 10.0. The third kappa shape index (κ3) is 5.84. The van der Waals surface area contributed by atoms with Crippen LogP contribution in [0.3, 0.4) is 0 Å². The average Bonchev–Trinajstić information content (AvgIpc) is 2.84. The van der Waals surface area contributed by atoms with Gasteiger partial charge in [-0.15, -0.1) is 6.58 Å². The molecule has 1 aliphatic rings. The Kier molecular flexibility index (Phi) is 7.49. The van der Waals surface area contributed by atoms with Crippen LogP contribution in [0.2, 0.25) is 0 Å². The fraction of sp³-hybridized carbons (Fsp3) is 0.286. The molecular weight excluding hydrogens is 425 g/mol. The van der Waals surface area contributed by atoms with Gasteiger partial charge in [-0.3, -0.25) is 0 Å². The van der Waals surface area contributed by atoms with Gasteiger partial charge in [-0.05, 0) is 60.5 Å². The first-order valence-corrected chi connectivity index (χ1v) is 11.1. The topological polar surface area (TPSA) is 18.5 Å². The second kappa shape index (κ2) is 10.7. The van der Waals surface area contributed by atoms with E-state index in [1.807, 2.05) is 12.1 Å². The molecule has 0 aromatic heterocycles. The first kappa shape index (κ1) is 23.1. The van der Waals surface area contributed by atoms with Gasteiger partial charge in [-0.25, -0.2) is 13.2 Å². The zero-order valence-electron chi connectivity index (χ0n) is 18.3. The molecule has 0 atom stereocenters. The summed E-state index contributed by atoms with van der Waals surface area (Å²) in [6.07, 6.45) is 4.90. The average molecular weight is 451 g/mol. The van der Waals surface area contributed by atoms with E-state index in [0.29, 0.717) is 42.9 Å². The Hall–Kier alpha value is -3.07. The van der Waals surface area contributed by atoms with Crippen molar-refractivity contribution in [3.63, 3.8) is 0 Å². The molecule has 1 aliphatic heterocycles. The second-order valence-electron chi connectivity index (χ2n) is 8.23. The highest BCUT2D eigenvalue weighted by atomic mass is 19.2. The Morgan fingerprint density at radius 3 is 2.48 bits per heavy atom. The molecule has 0 bridgehead atoms. The fourth-order valence-electron chi connectivity index (χ4n) is 3.85. The number of halogens is 3. The molecule has 0 N–H and O–H groups in total. The molecule has 4 rings (SSSR count). The number of aryl methyl sites for hydroxylation is 1.